The molecule has 0 saturated carbocycles. The van der Waals surface area contributed by atoms with E-state index in [1.807, 2.05) is 12.1 Å². The number of anilines is 1. The molecule has 1 aromatic carbocycles. The van der Waals surface area contributed by atoms with Crippen molar-refractivity contribution in [3.05, 3.63) is 51.6 Å². The number of rotatable bonds is 8. The largest absolute Gasteiger partial charge is 0.400 e. The number of aliphatic hydroxyl groups is 1. The van der Waals surface area contributed by atoms with Crippen molar-refractivity contribution in [2.75, 3.05) is 19.0 Å². The molecule has 2 aromatic rings. The number of aromatic amines is 1. The lowest BCUT2D eigenvalue weighted by Gasteiger charge is -2.11. The van der Waals surface area contributed by atoms with Crippen LogP contribution >= 0.6 is 0 Å². The van der Waals surface area contributed by atoms with E-state index in [4.69, 9.17) is 10.5 Å². The summed E-state index contributed by atoms with van der Waals surface area (Å²) >= 11 is 0. The number of hydrogen-bond acceptors (Lipinski definition) is 4. The van der Waals surface area contributed by atoms with Gasteiger partial charge in [0.2, 0.25) is 0 Å². The molecule has 0 aliphatic rings. The van der Waals surface area contributed by atoms with Crippen LogP contribution in [0.1, 0.15) is 43.5 Å². The van der Waals surface area contributed by atoms with Crippen molar-refractivity contribution in [1.82, 2.24) is 9.55 Å². The Hall–Kier alpha value is -2.67. The highest BCUT2D eigenvalue weighted by molar-refractivity contribution is 6.01. The molecule has 1 aromatic heterocycles. The fourth-order valence-corrected chi connectivity index (χ4v) is 2.50. The van der Waals surface area contributed by atoms with Gasteiger partial charge < -0.3 is 15.4 Å². The highest BCUT2D eigenvalue weighted by atomic mass is 16.2. The third-order valence-electron chi connectivity index (χ3n) is 3.97. The van der Waals surface area contributed by atoms with Gasteiger partial charge in [-0.2, -0.15) is 0 Å². The molecule has 4 N–H and O–H groups in total. The predicted octanol–water partition coefficient (Wildman–Crippen LogP) is 2.63. The first-order valence-corrected chi connectivity index (χ1v) is 8.75. The summed E-state index contributed by atoms with van der Waals surface area (Å²) in [6.45, 7) is 8.78. The maximum absolute atomic E-state index is 12.4. The molecule has 0 atom stereocenters. The number of nitrogens with zero attached hydrogens (tertiary/aromatic N) is 2. The Bertz CT molecular complexity index is 759. The van der Waals surface area contributed by atoms with Crippen molar-refractivity contribution in [1.29, 1.82) is 5.41 Å². The molecule has 7 heteroatoms. The van der Waals surface area contributed by atoms with E-state index in [0.717, 1.165) is 38.5 Å². The molecule has 0 aliphatic heterocycles. The van der Waals surface area contributed by atoms with E-state index in [-0.39, 0.29) is 11.5 Å². The lowest BCUT2D eigenvalue weighted by Crippen LogP contribution is -2.20. The van der Waals surface area contributed by atoms with E-state index >= 15 is 0 Å². The van der Waals surface area contributed by atoms with Crippen LogP contribution in [0.2, 0.25) is 0 Å². The monoisotopic (exact) mass is 359 g/mol. The molecule has 0 aliphatic carbocycles. The van der Waals surface area contributed by atoms with Gasteiger partial charge in [0.15, 0.2) is 5.84 Å². The lowest BCUT2D eigenvalue weighted by molar-refractivity contribution is 0.399. The minimum Gasteiger partial charge on any atom is -0.400 e. The topological polar surface area (TPSA) is 106 Å². The normalized spacial score (nSPS) is 10.0. The summed E-state index contributed by atoms with van der Waals surface area (Å²) in [4.78, 5) is 18.7. The van der Waals surface area contributed by atoms with Crippen molar-refractivity contribution >= 4 is 18.4 Å². The molecule has 0 amide bonds. The summed E-state index contributed by atoms with van der Waals surface area (Å²) in [5.74, 6) is 0.566. The SMILES string of the molecule is C=NC(=N)c1[nH]c(=O)n(Cc2ccc(CC)cc2)c1NCCCC.CO. The summed E-state index contributed by atoms with van der Waals surface area (Å²) in [5, 5.41) is 18.2. The maximum atomic E-state index is 12.4. The van der Waals surface area contributed by atoms with Gasteiger partial charge in [0.1, 0.15) is 11.5 Å². The Balaban J connectivity index is 0.00000163. The van der Waals surface area contributed by atoms with Gasteiger partial charge in [0.05, 0.1) is 6.54 Å². The van der Waals surface area contributed by atoms with Crippen LogP contribution in [0.15, 0.2) is 34.1 Å². The molecular weight excluding hydrogens is 330 g/mol. The van der Waals surface area contributed by atoms with E-state index in [1.54, 1.807) is 4.57 Å². The zero-order valence-electron chi connectivity index (χ0n) is 15.8. The number of aromatic nitrogens is 2. The maximum Gasteiger partial charge on any atom is 0.328 e. The Morgan fingerprint density at radius 2 is 1.88 bits per heavy atom. The molecular formula is C19H29N5O2. The minimum atomic E-state index is -0.253. The zero-order chi connectivity index (χ0) is 19.5. The van der Waals surface area contributed by atoms with Crippen LogP contribution in [0, 0.1) is 5.41 Å². The average molecular weight is 359 g/mol. The molecule has 142 valence electrons. The standard InChI is InChI=1S/C18H25N5O.CH4O/c1-4-6-11-21-17-15(16(19)20-3)22-18(24)23(17)12-14-9-7-13(5-2)8-10-14;1-2/h7-10,19,21H,3-6,11-12H2,1-2H3,(H,22,24);2H,1H3. The number of aryl methyl sites for hydroxylation is 1. The van der Waals surface area contributed by atoms with E-state index in [0.29, 0.717) is 18.1 Å². The van der Waals surface area contributed by atoms with Crippen LogP contribution in [0.4, 0.5) is 5.82 Å². The summed E-state index contributed by atoms with van der Waals surface area (Å²) in [6.07, 6.45) is 3.02. The first kappa shape index (κ1) is 21.4. The predicted molar refractivity (Wildman–Crippen MR) is 108 cm³/mol. The zero-order valence-corrected chi connectivity index (χ0v) is 15.8. The highest BCUT2D eigenvalue weighted by Gasteiger charge is 2.17. The Morgan fingerprint density at radius 3 is 2.42 bits per heavy atom. The lowest BCUT2D eigenvalue weighted by atomic mass is 10.1. The van der Waals surface area contributed by atoms with Crippen LogP contribution in [-0.4, -0.2) is 40.9 Å². The van der Waals surface area contributed by atoms with Crippen molar-refractivity contribution < 1.29 is 5.11 Å². The first-order chi connectivity index (χ1) is 12.6. The third kappa shape index (κ3) is 5.42. The van der Waals surface area contributed by atoms with Gasteiger partial charge in [-0.15, -0.1) is 0 Å². The fourth-order valence-electron chi connectivity index (χ4n) is 2.50. The molecule has 0 saturated heterocycles. The van der Waals surface area contributed by atoms with Crippen molar-refractivity contribution in [2.24, 2.45) is 4.99 Å². The van der Waals surface area contributed by atoms with Gasteiger partial charge in [0.25, 0.3) is 0 Å². The molecule has 0 fully saturated rings. The number of amidine groups is 1. The molecule has 0 spiro atoms. The van der Waals surface area contributed by atoms with Crippen LogP contribution in [-0.2, 0) is 13.0 Å². The quantitative estimate of drug-likeness (QED) is 0.331. The Morgan fingerprint density at radius 1 is 1.27 bits per heavy atom. The number of unbranched alkanes of at least 4 members (excludes halogenated alkanes) is 1. The van der Waals surface area contributed by atoms with Crippen molar-refractivity contribution in [3.63, 3.8) is 0 Å². The van der Waals surface area contributed by atoms with Gasteiger partial charge in [0, 0.05) is 13.7 Å². The number of H-pyrrole nitrogens is 1. The van der Waals surface area contributed by atoms with E-state index in [2.05, 4.69) is 48.0 Å². The van der Waals surface area contributed by atoms with E-state index in [9.17, 15) is 4.79 Å². The number of imidazole rings is 1. The van der Waals surface area contributed by atoms with E-state index < -0.39 is 0 Å². The molecule has 0 unspecified atom stereocenters. The van der Waals surface area contributed by atoms with Crippen LogP contribution in [0.3, 0.4) is 0 Å². The average Bonchev–Trinajstić information content (AvgIpc) is 2.99. The number of hydrogen-bond donors (Lipinski definition) is 4. The van der Waals surface area contributed by atoms with Crippen molar-refractivity contribution in [2.45, 2.75) is 39.7 Å². The van der Waals surface area contributed by atoms with Crippen LogP contribution < -0.4 is 11.0 Å². The second-order valence-corrected chi connectivity index (χ2v) is 5.70. The molecule has 0 bridgehead atoms. The number of aliphatic imine (C=N–C) groups is 1. The van der Waals surface area contributed by atoms with Crippen molar-refractivity contribution in [3.8, 4) is 0 Å². The summed E-state index contributed by atoms with van der Waals surface area (Å²) in [7, 11) is 1.00. The molecule has 0 radical (unpaired) electrons. The number of aliphatic hydroxyl groups excluding tert-OH is 1. The summed E-state index contributed by atoms with van der Waals surface area (Å²) in [5.41, 5.74) is 2.43. The van der Waals surface area contributed by atoms with Gasteiger partial charge >= 0.3 is 5.69 Å². The van der Waals surface area contributed by atoms with Gasteiger partial charge in [-0.05, 0) is 30.7 Å². The minimum absolute atomic E-state index is 0.0359. The number of benzene rings is 1. The summed E-state index contributed by atoms with van der Waals surface area (Å²) in [6, 6.07) is 8.21. The molecule has 2 rings (SSSR count). The van der Waals surface area contributed by atoms with Crippen LogP contribution in [0.5, 0.6) is 0 Å². The Labute approximate surface area is 154 Å². The van der Waals surface area contributed by atoms with Gasteiger partial charge in [-0.3, -0.25) is 9.98 Å². The molecule has 26 heavy (non-hydrogen) atoms. The summed E-state index contributed by atoms with van der Waals surface area (Å²) < 4.78 is 1.62. The van der Waals surface area contributed by atoms with E-state index in [1.165, 1.54) is 5.56 Å². The van der Waals surface area contributed by atoms with Crippen LogP contribution in [0.25, 0.3) is 0 Å². The first-order valence-electron chi connectivity index (χ1n) is 8.75. The number of nitrogens with one attached hydrogen (secondary N) is 3. The third-order valence-corrected chi connectivity index (χ3v) is 3.97. The van der Waals surface area contributed by atoms with Gasteiger partial charge in [-0.1, -0.05) is 44.5 Å². The fraction of sp³-hybridized carbons (Fsp3) is 0.421. The smallest absolute Gasteiger partial charge is 0.328 e. The molecule has 7 nitrogen and oxygen atoms in total. The second kappa shape index (κ2) is 11.0. The highest BCUT2D eigenvalue weighted by Crippen LogP contribution is 2.16. The van der Waals surface area contributed by atoms with Gasteiger partial charge in [-0.25, -0.2) is 9.79 Å². The second-order valence-electron chi connectivity index (χ2n) is 5.70. The Kier molecular flexibility index (Phi) is 9.08. The molecule has 1 heterocycles.